The first kappa shape index (κ1) is 21.6. The maximum absolute atomic E-state index is 12.3. The Bertz CT molecular complexity index is 925. The van der Waals surface area contributed by atoms with Gasteiger partial charge < -0.3 is 10.6 Å². The summed E-state index contributed by atoms with van der Waals surface area (Å²) < 4.78 is 24.1. The van der Waals surface area contributed by atoms with Gasteiger partial charge in [-0.05, 0) is 43.2 Å². The van der Waals surface area contributed by atoms with E-state index in [1.165, 1.54) is 0 Å². The summed E-state index contributed by atoms with van der Waals surface area (Å²) in [5.41, 5.74) is 2.28. The molecule has 0 aromatic heterocycles. The number of carbonyl (C=O) groups is 2. The van der Waals surface area contributed by atoms with E-state index in [0.29, 0.717) is 23.4 Å². The first-order valence-corrected chi connectivity index (χ1v) is 11.1. The van der Waals surface area contributed by atoms with Crippen molar-refractivity contribution in [2.75, 3.05) is 22.1 Å². The van der Waals surface area contributed by atoms with Crippen molar-refractivity contribution in [2.24, 2.45) is 0 Å². The van der Waals surface area contributed by atoms with Crippen LogP contribution < -0.4 is 10.6 Å². The zero-order valence-corrected chi connectivity index (χ0v) is 17.0. The van der Waals surface area contributed by atoms with Crippen molar-refractivity contribution in [3.63, 3.8) is 0 Å². The highest BCUT2D eigenvalue weighted by Crippen LogP contribution is 2.21. The van der Waals surface area contributed by atoms with Gasteiger partial charge in [0.25, 0.3) is 5.91 Å². The van der Waals surface area contributed by atoms with Gasteiger partial charge in [0, 0.05) is 16.9 Å². The van der Waals surface area contributed by atoms with Gasteiger partial charge in [0.05, 0.1) is 5.75 Å². The predicted octanol–water partition coefficient (Wildman–Crippen LogP) is 3.79. The Morgan fingerprint density at radius 2 is 1.68 bits per heavy atom. The van der Waals surface area contributed by atoms with E-state index in [2.05, 4.69) is 10.6 Å². The average Bonchev–Trinajstić information content (AvgIpc) is 2.64. The maximum Gasteiger partial charge on any atom is 0.255 e. The van der Waals surface area contributed by atoms with Crippen molar-refractivity contribution in [3.8, 4) is 0 Å². The Morgan fingerprint density at radius 3 is 2.36 bits per heavy atom. The van der Waals surface area contributed by atoms with E-state index < -0.39 is 21.5 Å². The monoisotopic (exact) mass is 402 g/mol. The Labute approximate surface area is 166 Å². The van der Waals surface area contributed by atoms with Gasteiger partial charge in [-0.2, -0.15) is 0 Å². The fraction of sp³-hybridized carbons (Fsp3) is 0.333. The fourth-order valence-electron chi connectivity index (χ4n) is 2.66. The molecule has 0 saturated heterocycles. The highest BCUT2D eigenvalue weighted by atomic mass is 32.2. The van der Waals surface area contributed by atoms with E-state index in [4.69, 9.17) is 0 Å². The van der Waals surface area contributed by atoms with Crippen molar-refractivity contribution < 1.29 is 18.0 Å². The predicted molar refractivity (Wildman–Crippen MR) is 112 cm³/mol. The molecule has 0 fully saturated rings. The minimum Gasteiger partial charge on any atom is -0.325 e. The summed E-state index contributed by atoms with van der Waals surface area (Å²) in [5.74, 6) is -1.37. The molecule has 0 radical (unpaired) electrons. The van der Waals surface area contributed by atoms with Gasteiger partial charge in [0.2, 0.25) is 5.91 Å². The standard InChI is InChI=1S/C21H26N2O4S/c1-3-4-8-13-28(26,27)15-20(24)23-19-14-18(12-11-16(19)2)22-21(25)17-9-6-5-7-10-17/h5-7,9-12,14H,3-4,8,13,15H2,1-2H3,(H,22,25)(H,23,24). The Kier molecular flexibility index (Phi) is 7.75. The van der Waals surface area contributed by atoms with Gasteiger partial charge in [-0.1, -0.05) is 44.0 Å². The lowest BCUT2D eigenvalue weighted by atomic mass is 10.1. The van der Waals surface area contributed by atoms with Gasteiger partial charge >= 0.3 is 0 Å². The van der Waals surface area contributed by atoms with Gasteiger partial charge in [-0.15, -0.1) is 0 Å². The SMILES string of the molecule is CCCCCS(=O)(=O)CC(=O)Nc1cc(NC(=O)c2ccccc2)ccc1C. The number of aryl methyl sites for hydroxylation is 1. The van der Waals surface area contributed by atoms with Crippen LogP contribution in [0.25, 0.3) is 0 Å². The lowest BCUT2D eigenvalue weighted by molar-refractivity contribution is -0.113. The van der Waals surface area contributed by atoms with Crippen molar-refractivity contribution in [2.45, 2.75) is 33.1 Å². The Hall–Kier alpha value is -2.67. The number of hydrogen-bond acceptors (Lipinski definition) is 4. The van der Waals surface area contributed by atoms with Crippen LogP contribution in [0.4, 0.5) is 11.4 Å². The van der Waals surface area contributed by atoms with Crippen molar-refractivity contribution in [3.05, 3.63) is 59.7 Å². The molecular weight excluding hydrogens is 376 g/mol. The first-order valence-electron chi connectivity index (χ1n) is 9.28. The zero-order valence-electron chi connectivity index (χ0n) is 16.2. The quantitative estimate of drug-likeness (QED) is 0.624. The lowest BCUT2D eigenvalue weighted by Crippen LogP contribution is -2.25. The molecule has 0 spiro atoms. The fourth-order valence-corrected chi connectivity index (χ4v) is 3.92. The molecule has 0 heterocycles. The summed E-state index contributed by atoms with van der Waals surface area (Å²) in [6.07, 6.45) is 2.30. The van der Waals surface area contributed by atoms with Crippen LogP contribution in [0.1, 0.15) is 42.1 Å². The van der Waals surface area contributed by atoms with E-state index >= 15 is 0 Å². The highest BCUT2D eigenvalue weighted by molar-refractivity contribution is 7.92. The summed E-state index contributed by atoms with van der Waals surface area (Å²) in [7, 11) is -3.43. The molecule has 0 bridgehead atoms. The number of anilines is 2. The molecule has 0 unspecified atom stereocenters. The third kappa shape index (κ3) is 6.81. The molecule has 2 aromatic rings. The number of carbonyl (C=O) groups excluding carboxylic acids is 2. The van der Waals surface area contributed by atoms with Gasteiger partial charge in [0.15, 0.2) is 9.84 Å². The molecular formula is C21H26N2O4S. The summed E-state index contributed by atoms with van der Waals surface area (Å²) in [6, 6.07) is 13.9. The van der Waals surface area contributed by atoms with Crippen molar-refractivity contribution >= 4 is 33.0 Å². The second-order valence-electron chi connectivity index (χ2n) is 6.70. The van der Waals surface area contributed by atoms with E-state index in [1.54, 1.807) is 49.4 Å². The summed E-state index contributed by atoms with van der Waals surface area (Å²) in [5, 5.41) is 5.41. The van der Waals surface area contributed by atoms with Crippen LogP contribution in [0.2, 0.25) is 0 Å². The number of unbranched alkanes of at least 4 members (excludes halogenated alkanes) is 2. The normalized spacial score (nSPS) is 11.1. The Morgan fingerprint density at radius 1 is 0.964 bits per heavy atom. The number of benzene rings is 2. The second kappa shape index (κ2) is 10.0. The molecule has 0 aliphatic carbocycles. The zero-order chi connectivity index (χ0) is 20.6. The molecule has 2 amide bonds. The van der Waals surface area contributed by atoms with Gasteiger partial charge in [0.1, 0.15) is 5.75 Å². The minimum absolute atomic E-state index is 0.0143. The number of sulfone groups is 1. The molecule has 7 heteroatoms. The summed E-state index contributed by atoms with van der Waals surface area (Å²) >= 11 is 0. The first-order chi connectivity index (χ1) is 13.3. The van der Waals surface area contributed by atoms with Gasteiger partial charge in [-0.25, -0.2) is 8.42 Å². The molecule has 2 aromatic carbocycles. The van der Waals surface area contributed by atoms with Crippen LogP contribution in [0.5, 0.6) is 0 Å². The van der Waals surface area contributed by atoms with E-state index in [-0.39, 0.29) is 11.7 Å². The third-order valence-corrected chi connectivity index (χ3v) is 5.83. The number of amides is 2. The topological polar surface area (TPSA) is 92.3 Å². The molecule has 0 aliphatic heterocycles. The lowest BCUT2D eigenvalue weighted by Gasteiger charge is -2.12. The molecule has 0 aliphatic rings. The van der Waals surface area contributed by atoms with Gasteiger partial charge in [-0.3, -0.25) is 9.59 Å². The maximum atomic E-state index is 12.3. The number of hydrogen-bond donors (Lipinski definition) is 2. The molecule has 6 nitrogen and oxygen atoms in total. The molecule has 2 N–H and O–H groups in total. The van der Waals surface area contributed by atoms with E-state index in [9.17, 15) is 18.0 Å². The van der Waals surface area contributed by atoms with Crippen molar-refractivity contribution in [1.29, 1.82) is 0 Å². The molecule has 28 heavy (non-hydrogen) atoms. The van der Waals surface area contributed by atoms with Crippen molar-refractivity contribution in [1.82, 2.24) is 0 Å². The number of rotatable bonds is 9. The van der Waals surface area contributed by atoms with Crippen LogP contribution in [0.15, 0.2) is 48.5 Å². The van der Waals surface area contributed by atoms with Crippen LogP contribution in [-0.4, -0.2) is 31.7 Å². The van der Waals surface area contributed by atoms with Crippen LogP contribution in [0, 0.1) is 6.92 Å². The summed E-state index contributed by atoms with van der Waals surface area (Å²) in [6.45, 7) is 3.79. The molecule has 2 rings (SSSR count). The third-order valence-electron chi connectivity index (χ3n) is 4.22. The van der Waals surface area contributed by atoms with Crippen LogP contribution in [0.3, 0.4) is 0 Å². The van der Waals surface area contributed by atoms with E-state index in [0.717, 1.165) is 18.4 Å². The highest BCUT2D eigenvalue weighted by Gasteiger charge is 2.17. The second-order valence-corrected chi connectivity index (χ2v) is 8.88. The average molecular weight is 403 g/mol. The van der Waals surface area contributed by atoms with E-state index in [1.807, 2.05) is 13.0 Å². The number of nitrogens with one attached hydrogen (secondary N) is 2. The largest absolute Gasteiger partial charge is 0.325 e. The molecule has 0 atom stereocenters. The molecule has 150 valence electrons. The van der Waals surface area contributed by atoms with Crippen LogP contribution in [-0.2, 0) is 14.6 Å². The summed E-state index contributed by atoms with van der Waals surface area (Å²) in [4.78, 5) is 24.5. The van der Waals surface area contributed by atoms with Crippen LogP contribution >= 0.6 is 0 Å². The smallest absolute Gasteiger partial charge is 0.255 e. The minimum atomic E-state index is -3.43. The Balaban J connectivity index is 2.02. The molecule has 0 saturated carbocycles.